The van der Waals surface area contributed by atoms with Crippen molar-refractivity contribution in [1.29, 1.82) is 0 Å². The zero-order valence-corrected chi connectivity index (χ0v) is 13.0. The summed E-state index contributed by atoms with van der Waals surface area (Å²) in [7, 11) is 1.56. The number of amides is 2. The molecule has 2 amide bonds. The summed E-state index contributed by atoms with van der Waals surface area (Å²) in [5, 5.41) is 1.89. The standard InChI is InChI=1S/C16H16ClN3O2/c1-19-15(21)7-14(16(19)22)20-5-4-10-11-6-9(17)2-3-12(11)18-13(10)8-20/h2-3,6,14,18H,4-5,7-8H2,1H3/t14-/m1/s1. The van der Waals surface area contributed by atoms with Crippen molar-refractivity contribution in [3.05, 3.63) is 34.5 Å². The number of hydrogen-bond donors (Lipinski definition) is 1. The number of aromatic nitrogens is 1. The molecular weight excluding hydrogens is 302 g/mol. The second-order valence-corrected chi connectivity index (χ2v) is 6.44. The van der Waals surface area contributed by atoms with Gasteiger partial charge in [0.25, 0.3) is 0 Å². The molecule has 1 saturated heterocycles. The number of aromatic amines is 1. The first-order valence-corrected chi connectivity index (χ1v) is 7.76. The monoisotopic (exact) mass is 317 g/mol. The van der Waals surface area contributed by atoms with E-state index in [4.69, 9.17) is 11.6 Å². The maximum absolute atomic E-state index is 12.2. The van der Waals surface area contributed by atoms with Crippen LogP contribution < -0.4 is 0 Å². The van der Waals surface area contributed by atoms with Gasteiger partial charge in [0.1, 0.15) is 0 Å². The SMILES string of the molecule is CN1C(=O)C[C@@H](N2CCc3c([nH]c4ccc(Cl)cc34)C2)C1=O. The second kappa shape index (κ2) is 4.83. The molecule has 0 saturated carbocycles. The number of fused-ring (bicyclic) bond motifs is 3. The molecule has 114 valence electrons. The Morgan fingerprint density at radius 2 is 2.14 bits per heavy atom. The van der Waals surface area contributed by atoms with E-state index in [1.165, 1.54) is 10.5 Å². The Morgan fingerprint density at radius 1 is 1.32 bits per heavy atom. The molecule has 1 fully saturated rings. The van der Waals surface area contributed by atoms with Crippen molar-refractivity contribution >= 4 is 34.3 Å². The van der Waals surface area contributed by atoms with Crippen molar-refractivity contribution in [2.45, 2.75) is 25.4 Å². The summed E-state index contributed by atoms with van der Waals surface area (Å²) in [6.07, 6.45) is 1.15. The van der Waals surface area contributed by atoms with Crippen LogP contribution in [0.2, 0.25) is 5.02 Å². The zero-order chi connectivity index (χ0) is 15.4. The van der Waals surface area contributed by atoms with Crippen LogP contribution >= 0.6 is 11.6 Å². The highest BCUT2D eigenvalue weighted by Gasteiger charge is 2.41. The molecule has 5 nitrogen and oxygen atoms in total. The lowest BCUT2D eigenvalue weighted by Crippen LogP contribution is -2.43. The molecular formula is C16H16ClN3O2. The fraction of sp³-hybridized carbons (Fsp3) is 0.375. The van der Waals surface area contributed by atoms with Crippen molar-refractivity contribution in [3.8, 4) is 0 Å². The third-order valence-electron chi connectivity index (χ3n) is 4.77. The fourth-order valence-electron chi connectivity index (χ4n) is 3.52. The Labute approximate surface area is 132 Å². The summed E-state index contributed by atoms with van der Waals surface area (Å²) in [6.45, 7) is 1.45. The number of H-pyrrole nitrogens is 1. The zero-order valence-electron chi connectivity index (χ0n) is 12.2. The highest BCUT2D eigenvalue weighted by atomic mass is 35.5. The largest absolute Gasteiger partial charge is 0.357 e. The van der Waals surface area contributed by atoms with E-state index in [9.17, 15) is 9.59 Å². The van der Waals surface area contributed by atoms with Crippen LogP contribution in [0.25, 0.3) is 10.9 Å². The van der Waals surface area contributed by atoms with E-state index >= 15 is 0 Å². The molecule has 4 rings (SSSR count). The van der Waals surface area contributed by atoms with Gasteiger partial charge in [-0.25, -0.2) is 0 Å². The van der Waals surface area contributed by atoms with Crippen LogP contribution in [0.5, 0.6) is 0 Å². The number of nitrogens with one attached hydrogen (secondary N) is 1. The molecule has 3 heterocycles. The van der Waals surface area contributed by atoms with E-state index in [2.05, 4.69) is 9.88 Å². The summed E-state index contributed by atoms with van der Waals surface area (Å²) in [5.74, 6) is -0.183. The number of hydrogen-bond acceptors (Lipinski definition) is 3. The number of carbonyl (C=O) groups excluding carboxylic acids is 2. The van der Waals surface area contributed by atoms with E-state index in [0.717, 1.165) is 34.6 Å². The lowest BCUT2D eigenvalue weighted by atomic mass is 10.0. The first kappa shape index (κ1) is 13.8. The number of imide groups is 1. The summed E-state index contributed by atoms with van der Waals surface area (Å²) in [5.41, 5.74) is 3.47. The van der Waals surface area contributed by atoms with Gasteiger partial charge in [-0.15, -0.1) is 0 Å². The van der Waals surface area contributed by atoms with Crippen LogP contribution in [-0.4, -0.2) is 46.2 Å². The van der Waals surface area contributed by atoms with Gasteiger partial charge in [-0.2, -0.15) is 0 Å². The summed E-state index contributed by atoms with van der Waals surface area (Å²) in [4.78, 5) is 30.7. The van der Waals surface area contributed by atoms with E-state index in [1.54, 1.807) is 7.05 Å². The van der Waals surface area contributed by atoms with Gasteiger partial charge in [0, 0.05) is 41.8 Å². The van der Waals surface area contributed by atoms with Crippen molar-refractivity contribution < 1.29 is 9.59 Å². The van der Waals surface area contributed by atoms with Crippen LogP contribution in [0.1, 0.15) is 17.7 Å². The predicted octanol–water partition coefficient (Wildman–Crippen LogP) is 1.94. The third kappa shape index (κ3) is 1.96. The number of benzene rings is 1. The molecule has 1 N–H and O–H groups in total. The Morgan fingerprint density at radius 3 is 2.86 bits per heavy atom. The average molecular weight is 318 g/mol. The smallest absolute Gasteiger partial charge is 0.246 e. The summed E-state index contributed by atoms with van der Waals surface area (Å²) < 4.78 is 0. The van der Waals surface area contributed by atoms with Gasteiger partial charge in [-0.05, 0) is 30.2 Å². The van der Waals surface area contributed by atoms with Crippen LogP contribution in [0, 0.1) is 0 Å². The van der Waals surface area contributed by atoms with E-state index < -0.39 is 0 Å². The van der Waals surface area contributed by atoms with E-state index in [-0.39, 0.29) is 24.3 Å². The molecule has 0 aliphatic carbocycles. The maximum Gasteiger partial charge on any atom is 0.246 e. The minimum Gasteiger partial charge on any atom is -0.357 e. The summed E-state index contributed by atoms with van der Waals surface area (Å²) >= 11 is 6.09. The van der Waals surface area contributed by atoms with Crippen LogP contribution in [0.3, 0.4) is 0 Å². The van der Waals surface area contributed by atoms with E-state index in [0.29, 0.717) is 6.54 Å². The van der Waals surface area contributed by atoms with Gasteiger partial charge in [-0.3, -0.25) is 19.4 Å². The van der Waals surface area contributed by atoms with Gasteiger partial charge >= 0.3 is 0 Å². The Balaban J connectivity index is 1.66. The molecule has 0 unspecified atom stereocenters. The number of halogens is 1. The van der Waals surface area contributed by atoms with E-state index in [1.807, 2.05) is 18.2 Å². The number of likely N-dealkylation sites (tertiary alicyclic amines) is 1. The molecule has 0 radical (unpaired) electrons. The van der Waals surface area contributed by atoms with Crippen LogP contribution in [0.4, 0.5) is 0 Å². The molecule has 22 heavy (non-hydrogen) atoms. The Hall–Kier alpha value is -1.85. The van der Waals surface area contributed by atoms with Crippen LogP contribution in [-0.2, 0) is 22.6 Å². The maximum atomic E-state index is 12.2. The van der Waals surface area contributed by atoms with Crippen molar-refractivity contribution in [2.75, 3.05) is 13.6 Å². The molecule has 0 bridgehead atoms. The topological polar surface area (TPSA) is 56.4 Å². The number of nitrogens with zero attached hydrogens (tertiary/aromatic N) is 2. The molecule has 1 aromatic carbocycles. The quantitative estimate of drug-likeness (QED) is 0.818. The second-order valence-electron chi connectivity index (χ2n) is 6.00. The molecule has 2 aliphatic rings. The van der Waals surface area contributed by atoms with Gasteiger partial charge in [0.2, 0.25) is 11.8 Å². The third-order valence-corrected chi connectivity index (χ3v) is 5.00. The minimum atomic E-state index is -0.319. The van der Waals surface area contributed by atoms with Crippen LogP contribution in [0.15, 0.2) is 18.2 Å². The normalized spacial score (nSPS) is 22.6. The highest BCUT2D eigenvalue weighted by molar-refractivity contribution is 6.31. The van der Waals surface area contributed by atoms with Gasteiger partial charge in [0.15, 0.2) is 0 Å². The van der Waals surface area contributed by atoms with Gasteiger partial charge in [-0.1, -0.05) is 11.6 Å². The lowest BCUT2D eigenvalue weighted by Gasteiger charge is -2.30. The highest BCUT2D eigenvalue weighted by Crippen LogP contribution is 2.31. The van der Waals surface area contributed by atoms with Crippen molar-refractivity contribution in [2.24, 2.45) is 0 Å². The Bertz CT molecular complexity index is 798. The molecule has 1 aromatic heterocycles. The number of likely N-dealkylation sites (N-methyl/N-ethyl adjacent to an activating group) is 1. The lowest BCUT2D eigenvalue weighted by molar-refractivity contribution is -0.138. The number of rotatable bonds is 1. The fourth-order valence-corrected chi connectivity index (χ4v) is 3.69. The Kier molecular flexibility index (Phi) is 3.03. The van der Waals surface area contributed by atoms with Gasteiger partial charge < -0.3 is 4.98 Å². The molecule has 2 aromatic rings. The van der Waals surface area contributed by atoms with Crippen molar-refractivity contribution in [3.63, 3.8) is 0 Å². The molecule has 1 atom stereocenters. The summed E-state index contributed by atoms with van der Waals surface area (Å²) in [6, 6.07) is 5.52. The first-order chi connectivity index (χ1) is 10.5. The molecule has 2 aliphatic heterocycles. The van der Waals surface area contributed by atoms with Crippen molar-refractivity contribution in [1.82, 2.24) is 14.8 Å². The predicted molar refractivity (Wildman–Crippen MR) is 83.6 cm³/mol. The molecule has 0 spiro atoms. The number of carbonyl (C=O) groups is 2. The first-order valence-electron chi connectivity index (χ1n) is 7.38. The average Bonchev–Trinajstić information content (AvgIpc) is 2.99. The molecule has 6 heteroatoms. The van der Waals surface area contributed by atoms with Gasteiger partial charge in [0.05, 0.1) is 12.5 Å². The minimum absolute atomic E-state index is 0.0902.